The third-order valence-electron chi connectivity index (χ3n) is 4.62. The van der Waals surface area contributed by atoms with Gasteiger partial charge in [0.25, 0.3) is 5.91 Å². The molecule has 0 aliphatic rings. The molecule has 2 aromatic carbocycles. The van der Waals surface area contributed by atoms with Gasteiger partial charge >= 0.3 is 0 Å². The van der Waals surface area contributed by atoms with Gasteiger partial charge in [0.2, 0.25) is 5.91 Å². The predicted octanol–water partition coefficient (Wildman–Crippen LogP) is 3.33. The Balaban J connectivity index is 1.61. The van der Waals surface area contributed by atoms with Gasteiger partial charge in [-0.25, -0.2) is 0 Å². The number of nitrogens with one attached hydrogen (secondary N) is 2. The zero-order chi connectivity index (χ0) is 19.9. The van der Waals surface area contributed by atoms with Crippen molar-refractivity contribution in [2.45, 2.75) is 13.8 Å². The van der Waals surface area contributed by atoms with Gasteiger partial charge in [0.15, 0.2) is 0 Å². The minimum absolute atomic E-state index is 0.00833. The molecule has 2 N–H and O–H groups in total. The highest BCUT2D eigenvalue weighted by atomic mass is 16.2. The van der Waals surface area contributed by atoms with Crippen LogP contribution in [0.3, 0.4) is 0 Å². The fraction of sp³-hybridized carbons (Fsp3) is 0.227. The molecule has 3 rings (SSSR count). The van der Waals surface area contributed by atoms with Crippen LogP contribution < -0.4 is 5.32 Å². The normalized spacial score (nSPS) is 11.1. The average molecular weight is 376 g/mol. The van der Waals surface area contributed by atoms with E-state index in [2.05, 4.69) is 15.5 Å². The van der Waals surface area contributed by atoms with Crippen molar-refractivity contribution in [3.05, 3.63) is 65.4 Å². The van der Waals surface area contributed by atoms with E-state index in [9.17, 15) is 9.59 Å². The maximum Gasteiger partial charge on any atom is 0.251 e. The van der Waals surface area contributed by atoms with Crippen LogP contribution in [0.15, 0.2) is 48.5 Å². The monoisotopic (exact) mass is 376 g/mol. The van der Waals surface area contributed by atoms with E-state index in [1.807, 2.05) is 62.4 Å². The van der Waals surface area contributed by atoms with Crippen molar-refractivity contribution in [2.75, 3.05) is 19.6 Å². The molecule has 0 radical (unpaired) electrons. The number of benzene rings is 2. The van der Waals surface area contributed by atoms with Gasteiger partial charge in [-0.05, 0) is 43.7 Å². The van der Waals surface area contributed by atoms with Crippen LogP contribution in [0.2, 0.25) is 0 Å². The molecule has 1 aromatic heterocycles. The highest BCUT2D eigenvalue weighted by Gasteiger charge is 2.12. The Bertz CT molecular complexity index is 985. The molecule has 1 heterocycles. The van der Waals surface area contributed by atoms with Crippen LogP contribution in [-0.2, 0) is 4.79 Å². The van der Waals surface area contributed by atoms with E-state index in [1.165, 1.54) is 0 Å². The first-order chi connectivity index (χ1) is 13.6. The van der Waals surface area contributed by atoms with E-state index in [1.54, 1.807) is 17.0 Å². The first-order valence-electron chi connectivity index (χ1n) is 9.39. The van der Waals surface area contributed by atoms with Gasteiger partial charge in [0, 0.05) is 24.0 Å². The van der Waals surface area contributed by atoms with E-state index >= 15 is 0 Å². The van der Waals surface area contributed by atoms with E-state index in [0.29, 0.717) is 18.7 Å². The Morgan fingerprint density at radius 1 is 1.04 bits per heavy atom. The molecular weight excluding hydrogens is 352 g/mol. The quantitative estimate of drug-likeness (QED) is 0.664. The Morgan fingerprint density at radius 3 is 2.46 bits per heavy atom. The van der Waals surface area contributed by atoms with Crippen LogP contribution in [0.5, 0.6) is 0 Å². The van der Waals surface area contributed by atoms with Gasteiger partial charge in [-0.1, -0.05) is 36.4 Å². The van der Waals surface area contributed by atoms with Gasteiger partial charge in [-0.15, -0.1) is 0 Å². The van der Waals surface area contributed by atoms with Crippen LogP contribution in [-0.4, -0.2) is 46.5 Å². The van der Waals surface area contributed by atoms with Crippen LogP contribution in [0.25, 0.3) is 23.1 Å². The molecule has 6 nitrogen and oxygen atoms in total. The van der Waals surface area contributed by atoms with Crippen LogP contribution in [0, 0.1) is 0 Å². The first-order valence-corrected chi connectivity index (χ1v) is 9.39. The molecular formula is C22H24N4O2. The molecule has 0 fully saturated rings. The van der Waals surface area contributed by atoms with Crippen molar-refractivity contribution < 1.29 is 9.59 Å². The standard InChI is InChI=1S/C22H24N4O2/c1-3-26(4-2)21(27)15-23-22(28)17-12-9-16(10-13-17)11-14-20-18-7-5-6-8-19(18)24-25-20/h5-14H,3-4,15H2,1-2H3,(H,23,28)(H,24,25)/b14-11+. The molecule has 0 spiro atoms. The SMILES string of the molecule is CCN(CC)C(=O)CNC(=O)c1ccc(/C=C/c2n[nH]c3ccccc23)cc1. The summed E-state index contributed by atoms with van der Waals surface area (Å²) in [6.07, 6.45) is 3.89. The number of rotatable bonds is 7. The molecule has 6 heteroatoms. The topological polar surface area (TPSA) is 78.1 Å². The maximum absolute atomic E-state index is 12.2. The Hall–Kier alpha value is -3.41. The van der Waals surface area contributed by atoms with Crippen molar-refractivity contribution >= 4 is 34.9 Å². The third-order valence-corrected chi connectivity index (χ3v) is 4.62. The second-order valence-electron chi connectivity index (χ2n) is 6.36. The summed E-state index contributed by atoms with van der Waals surface area (Å²) in [5.41, 5.74) is 3.35. The Kier molecular flexibility index (Phi) is 6.22. The maximum atomic E-state index is 12.2. The summed E-state index contributed by atoms with van der Waals surface area (Å²) in [7, 11) is 0. The summed E-state index contributed by atoms with van der Waals surface area (Å²) >= 11 is 0. The second-order valence-corrected chi connectivity index (χ2v) is 6.36. The number of amides is 2. The lowest BCUT2D eigenvalue weighted by atomic mass is 10.1. The molecule has 0 bridgehead atoms. The van der Waals surface area contributed by atoms with Crippen molar-refractivity contribution in [1.29, 1.82) is 0 Å². The van der Waals surface area contributed by atoms with E-state index in [-0.39, 0.29) is 18.4 Å². The molecule has 0 aliphatic heterocycles. The fourth-order valence-corrected chi connectivity index (χ4v) is 2.98. The number of aromatic amines is 1. The number of aromatic nitrogens is 2. The summed E-state index contributed by atoms with van der Waals surface area (Å²) in [5.74, 6) is -0.335. The minimum Gasteiger partial charge on any atom is -0.343 e. The Labute approximate surface area is 164 Å². The average Bonchev–Trinajstić information content (AvgIpc) is 3.15. The number of para-hydroxylation sites is 1. The third kappa shape index (κ3) is 4.46. The largest absolute Gasteiger partial charge is 0.343 e. The van der Waals surface area contributed by atoms with Gasteiger partial charge in [0.1, 0.15) is 0 Å². The second kappa shape index (κ2) is 8.99. The molecule has 0 saturated heterocycles. The number of hydrogen-bond donors (Lipinski definition) is 2. The molecule has 144 valence electrons. The first kappa shape index (κ1) is 19.4. The van der Waals surface area contributed by atoms with Gasteiger partial charge < -0.3 is 10.2 Å². The molecule has 0 aliphatic carbocycles. The van der Waals surface area contributed by atoms with Crippen molar-refractivity contribution in [1.82, 2.24) is 20.4 Å². The van der Waals surface area contributed by atoms with Crippen LogP contribution >= 0.6 is 0 Å². The highest BCUT2D eigenvalue weighted by Crippen LogP contribution is 2.17. The van der Waals surface area contributed by atoms with Crippen LogP contribution in [0.4, 0.5) is 0 Å². The predicted molar refractivity (Wildman–Crippen MR) is 112 cm³/mol. The van der Waals surface area contributed by atoms with E-state index in [4.69, 9.17) is 0 Å². The number of carbonyl (C=O) groups excluding carboxylic acids is 2. The fourth-order valence-electron chi connectivity index (χ4n) is 2.98. The van der Waals surface area contributed by atoms with Gasteiger partial charge in [0.05, 0.1) is 17.8 Å². The number of fused-ring (bicyclic) bond motifs is 1. The number of H-pyrrole nitrogens is 1. The van der Waals surface area contributed by atoms with Crippen molar-refractivity contribution in [2.24, 2.45) is 0 Å². The van der Waals surface area contributed by atoms with Gasteiger partial charge in [-0.2, -0.15) is 5.10 Å². The van der Waals surface area contributed by atoms with Crippen LogP contribution in [0.1, 0.15) is 35.5 Å². The molecule has 3 aromatic rings. The number of likely N-dealkylation sites (N-methyl/N-ethyl adjacent to an activating group) is 1. The lowest BCUT2D eigenvalue weighted by molar-refractivity contribution is -0.129. The summed E-state index contributed by atoms with van der Waals surface area (Å²) in [6.45, 7) is 5.12. The zero-order valence-electron chi connectivity index (χ0n) is 16.1. The molecule has 2 amide bonds. The van der Waals surface area contributed by atoms with Crippen molar-refractivity contribution in [3.63, 3.8) is 0 Å². The summed E-state index contributed by atoms with van der Waals surface area (Å²) < 4.78 is 0. The molecule has 0 saturated carbocycles. The lowest BCUT2D eigenvalue weighted by Gasteiger charge is -2.18. The number of carbonyl (C=O) groups is 2. The molecule has 28 heavy (non-hydrogen) atoms. The zero-order valence-corrected chi connectivity index (χ0v) is 16.1. The molecule has 0 atom stereocenters. The van der Waals surface area contributed by atoms with E-state index < -0.39 is 0 Å². The summed E-state index contributed by atoms with van der Waals surface area (Å²) in [5, 5.41) is 11.1. The summed E-state index contributed by atoms with van der Waals surface area (Å²) in [6, 6.07) is 15.2. The van der Waals surface area contributed by atoms with E-state index in [0.717, 1.165) is 22.2 Å². The summed E-state index contributed by atoms with van der Waals surface area (Å²) in [4.78, 5) is 25.9. The number of nitrogens with zero attached hydrogens (tertiary/aromatic N) is 2. The highest BCUT2D eigenvalue weighted by molar-refractivity contribution is 5.96. The smallest absolute Gasteiger partial charge is 0.251 e. The number of hydrogen-bond acceptors (Lipinski definition) is 3. The minimum atomic E-state index is -0.255. The molecule has 0 unspecified atom stereocenters. The Morgan fingerprint density at radius 2 is 1.75 bits per heavy atom. The van der Waals surface area contributed by atoms with Gasteiger partial charge in [-0.3, -0.25) is 14.7 Å². The van der Waals surface area contributed by atoms with Crippen molar-refractivity contribution in [3.8, 4) is 0 Å². The lowest BCUT2D eigenvalue weighted by Crippen LogP contribution is -2.39.